The number of nitrogens with one attached hydrogen (secondary N) is 2. The van der Waals surface area contributed by atoms with Gasteiger partial charge in [-0.1, -0.05) is 24.3 Å². The van der Waals surface area contributed by atoms with E-state index in [0.717, 1.165) is 33.6 Å². The number of benzene rings is 3. The van der Waals surface area contributed by atoms with E-state index in [1.54, 1.807) is 31.2 Å². The van der Waals surface area contributed by atoms with Crippen molar-refractivity contribution in [1.82, 2.24) is 0 Å². The van der Waals surface area contributed by atoms with E-state index >= 15 is 0 Å². The van der Waals surface area contributed by atoms with Gasteiger partial charge in [0.05, 0.1) is 0 Å². The lowest BCUT2D eigenvalue weighted by Gasteiger charge is -2.16. The van der Waals surface area contributed by atoms with Crippen LogP contribution < -0.4 is 15.4 Å². The Morgan fingerprint density at radius 3 is 1.81 bits per heavy atom. The fourth-order valence-corrected chi connectivity index (χ4v) is 3.14. The van der Waals surface area contributed by atoms with Gasteiger partial charge in [0.2, 0.25) is 0 Å². The molecule has 0 aliphatic carbocycles. The Kier molecular flexibility index (Phi) is 6.75. The molecule has 2 N–H and O–H groups in total. The molecule has 0 aromatic heterocycles. The molecule has 0 aliphatic rings. The molecule has 0 saturated carbocycles. The first-order valence-corrected chi connectivity index (χ1v) is 10.3. The topological polar surface area (TPSA) is 67.4 Å². The fraction of sp³-hybridized carbons (Fsp3) is 0.231. The maximum atomic E-state index is 12.6. The van der Waals surface area contributed by atoms with E-state index in [9.17, 15) is 9.59 Å². The molecule has 31 heavy (non-hydrogen) atoms. The van der Waals surface area contributed by atoms with Crippen molar-refractivity contribution in [3.05, 3.63) is 88.5 Å². The predicted molar refractivity (Wildman–Crippen MR) is 125 cm³/mol. The average Bonchev–Trinajstić information content (AvgIpc) is 2.75. The summed E-state index contributed by atoms with van der Waals surface area (Å²) < 4.78 is 5.76. The zero-order chi connectivity index (χ0) is 22.5. The van der Waals surface area contributed by atoms with Crippen LogP contribution in [-0.4, -0.2) is 17.9 Å². The number of rotatable bonds is 6. The summed E-state index contributed by atoms with van der Waals surface area (Å²) in [5.74, 6) is 0.0957. The van der Waals surface area contributed by atoms with Gasteiger partial charge < -0.3 is 15.4 Å². The Bertz CT molecular complexity index is 1100. The summed E-state index contributed by atoms with van der Waals surface area (Å²) in [4.78, 5) is 25.1. The van der Waals surface area contributed by atoms with Crippen molar-refractivity contribution in [2.45, 2.75) is 40.7 Å². The highest BCUT2D eigenvalue weighted by molar-refractivity contribution is 6.04. The van der Waals surface area contributed by atoms with Crippen LogP contribution in [0, 0.1) is 27.7 Å². The number of amides is 2. The van der Waals surface area contributed by atoms with Crippen molar-refractivity contribution in [2.24, 2.45) is 0 Å². The number of hydrogen-bond donors (Lipinski definition) is 2. The molecular weight excluding hydrogens is 388 g/mol. The Balaban J connectivity index is 1.61. The number of aryl methyl sites for hydroxylation is 2. The van der Waals surface area contributed by atoms with Crippen molar-refractivity contribution in [3.8, 4) is 5.75 Å². The van der Waals surface area contributed by atoms with Crippen molar-refractivity contribution in [1.29, 1.82) is 0 Å². The summed E-state index contributed by atoms with van der Waals surface area (Å²) in [6.45, 7) is 9.66. The van der Waals surface area contributed by atoms with Crippen LogP contribution in [0.2, 0.25) is 0 Å². The molecule has 5 nitrogen and oxygen atoms in total. The molecule has 0 aliphatic heterocycles. The van der Waals surface area contributed by atoms with Gasteiger partial charge in [-0.3, -0.25) is 9.59 Å². The maximum absolute atomic E-state index is 12.6. The third-order valence-corrected chi connectivity index (χ3v) is 5.51. The van der Waals surface area contributed by atoms with E-state index in [0.29, 0.717) is 11.3 Å². The highest BCUT2D eigenvalue weighted by Gasteiger charge is 2.16. The highest BCUT2D eigenvalue weighted by Crippen LogP contribution is 2.21. The van der Waals surface area contributed by atoms with Crippen LogP contribution in [0.3, 0.4) is 0 Å². The minimum Gasteiger partial charge on any atom is -0.481 e. The summed E-state index contributed by atoms with van der Waals surface area (Å²) in [5, 5.41) is 5.85. The van der Waals surface area contributed by atoms with Crippen LogP contribution in [0.5, 0.6) is 5.75 Å². The quantitative estimate of drug-likeness (QED) is 0.551. The van der Waals surface area contributed by atoms with Gasteiger partial charge in [-0.25, -0.2) is 0 Å². The Labute approximate surface area is 183 Å². The van der Waals surface area contributed by atoms with E-state index in [4.69, 9.17) is 4.74 Å². The molecule has 3 aromatic rings. The molecule has 3 rings (SSSR count). The first kappa shape index (κ1) is 22.1. The summed E-state index contributed by atoms with van der Waals surface area (Å²) in [7, 11) is 0. The molecular formula is C26H28N2O3. The van der Waals surface area contributed by atoms with Crippen LogP contribution in [0.15, 0.2) is 60.7 Å². The third-order valence-electron chi connectivity index (χ3n) is 5.51. The lowest BCUT2D eigenvalue weighted by atomic mass is 10.1. The summed E-state index contributed by atoms with van der Waals surface area (Å²) in [5.41, 5.74) is 6.39. The zero-order valence-corrected chi connectivity index (χ0v) is 18.6. The van der Waals surface area contributed by atoms with Gasteiger partial charge in [0.25, 0.3) is 11.8 Å². The van der Waals surface area contributed by atoms with Crippen molar-refractivity contribution in [3.63, 3.8) is 0 Å². The van der Waals surface area contributed by atoms with E-state index < -0.39 is 6.10 Å². The highest BCUT2D eigenvalue weighted by atomic mass is 16.5. The van der Waals surface area contributed by atoms with E-state index in [2.05, 4.69) is 10.6 Å². The number of ether oxygens (including phenoxy) is 1. The smallest absolute Gasteiger partial charge is 0.265 e. The van der Waals surface area contributed by atoms with E-state index in [-0.39, 0.29) is 11.8 Å². The molecule has 0 unspecified atom stereocenters. The first-order chi connectivity index (χ1) is 14.8. The van der Waals surface area contributed by atoms with Gasteiger partial charge in [0, 0.05) is 16.9 Å². The molecule has 0 saturated heterocycles. The molecule has 1 atom stereocenters. The number of anilines is 2. The van der Waals surface area contributed by atoms with Crippen LogP contribution in [-0.2, 0) is 4.79 Å². The molecule has 160 valence electrons. The number of hydrogen-bond acceptors (Lipinski definition) is 3. The second-order valence-electron chi connectivity index (χ2n) is 7.72. The second-order valence-corrected chi connectivity index (χ2v) is 7.72. The Morgan fingerprint density at radius 2 is 1.26 bits per heavy atom. The van der Waals surface area contributed by atoms with Gasteiger partial charge in [-0.05, 0) is 93.3 Å². The lowest BCUT2D eigenvalue weighted by Crippen LogP contribution is -2.30. The Morgan fingerprint density at radius 1 is 0.742 bits per heavy atom. The van der Waals surface area contributed by atoms with Gasteiger partial charge in [-0.15, -0.1) is 0 Å². The first-order valence-electron chi connectivity index (χ1n) is 10.3. The van der Waals surface area contributed by atoms with Gasteiger partial charge in [0.15, 0.2) is 6.10 Å². The molecule has 3 aromatic carbocycles. The molecule has 0 fully saturated rings. The monoisotopic (exact) mass is 416 g/mol. The zero-order valence-electron chi connectivity index (χ0n) is 18.6. The van der Waals surface area contributed by atoms with Crippen LogP contribution in [0.4, 0.5) is 11.4 Å². The van der Waals surface area contributed by atoms with Gasteiger partial charge in [-0.2, -0.15) is 0 Å². The summed E-state index contributed by atoms with van der Waals surface area (Å²) in [6.07, 6.45) is -0.686. The van der Waals surface area contributed by atoms with Crippen molar-refractivity contribution < 1.29 is 14.3 Å². The Hall–Kier alpha value is -3.60. The largest absolute Gasteiger partial charge is 0.481 e. The predicted octanol–water partition coefficient (Wildman–Crippen LogP) is 5.58. The molecule has 2 amide bonds. The minimum atomic E-state index is -0.686. The normalized spacial score (nSPS) is 11.5. The molecule has 0 bridgehead atoms. The fourth-order valence-electron chi connectivity index (χ4n) is 3.14. The molecule has 0 spiro atoms. The SMILES string of the molecule is Cc1cccc(NC(=O)c2ccc(O[C@H](C)C(=O)Nc3cccc(C)c3C)cc2)c1C. The number of carbonyl (C=O) groups excluding carboxylic acids is 2. The standard InChI is InChI=1S/C26H28N2O3/c1-16-8-6-10-23(18(16)3)27-25(29)20(5)31-22-14-12-21(13-15-22)26(30)28-24-11-7-9-17(2)19(24)4/h6-15,20H,1-5H3,(H,27,29)(H,28,30)/t20-/m1/s1. The summed E-state index contributed by atoms with van der Waals surface area (Å²) in [6, 6.07) is 18.3. The van der Waals surface area contributed by atoms with Crippen LogP contribution >= 0.6 is 0 Å². The average molecular weight is 417 g/mol. The second kappa shape index (κ2) is 9.47. The lowest BCUT2D eigenvalue weighted by molar-refractivity contribution is -0.122. The van der Waals surface area contributed by atoms with E-state index in [1.165, 1.54) is 0 Å². The van der Waals surface area contributed by atoms with Gasteiger partial charge >= 0.3 is 0 Å². The maximum Gasteiger partial charge on any atom is 0.265 e. The molecule has 0 radical (unpaired) electrons. The molecule has 5 heteroatoms. The molecule has 0 heterocycles. The van der Waals surface area contributed by atoms with Crippen LogP contribution in [0.1, 0.15) is 39.5 Å². The van der Waals surface area contributed by atoms with Crippen LogP contribution in [0.25, 0.3) is 0 Å². The van der Waals surface area contributed by atoms with Gasteiger partial charge in [0.1, 0.15) is 5.75 Å². The van der Waals surface area contributed by atoms with E-state index in [1.807, 2.05) is 64.1 Å². The minimum absolute atomic E-state index is 0.194. The van der Waals surface area contributed by atoms with Crippen molar-refractivity contribution >= 4 is 23.2 Å². The summed E-state index contributed by atoms with van der Waals surface area (Å²) >= 11 is 0. The third kappa shape index (κ3) is 5.31. The number of carbonyl (C=O) groups is 2. The van der Waals surface area contributed by atoms with Crippen molar-refractivity contribution in [2.75, 3.05) is 10.6 Å².